The first-order chi connectivity index (χ1) is 18.3. The molecule has 0 heterocycles. The lowest BCUT2D eigenvalue weighted by molar-refractivity contribution is -0.120. The number of methoxy groups -OCH3 is 1. The first-order valence-corrected chi connectivity index (χ1v) is 14.9. The number of sulfonamides is 1. The summed E-state index contributed by atoms with van der Waals surface area (Å²) in [7, 11) is -4.97. The second-order valence-corrected chi connectivity index (χ2v) is 11.6. The Hall–Kier alpha value is -4.30. The van der Waals surface area contributed by atoms with Crippen molar-refractivity contribution in [3.63, 3.8) is 0 Å². The van der Waals surface area contributed by atoms with Crippen molar-refractivity contribution in [3.8, 4) is 5.75 Å². The Labute approximate surface area is 227 Å². The molecule has 0 saturated carbocycles. The van der Waals surface area contributed by atoms with Crippen molar-refractivity contribution in [2.45, 2.75) is 12.5 Å². The van der Waals surface area contributed by atoms with E-state index in [1.54, 1.807) is 48.5 Å². The topological polar surface area (TPSA) is 163 Å². The molecule has 0 fully saturated rings. The number of amides is 3. The molecule has 0 saturated heterocycles. The van der Waals surface area contributed by atoms with E-state index >= 15 is 0 Å². The van der Waals surface area contributed by atoms with Gasteiger partial charge in [0.1, 0.15) is 11.8 Å². The van der Waals surface area contributed by atoms with E-state index in [4.69, 9.17) is 4.74 Å². The fourth-order valence-electron chi connectivity index (χ4n) is 3.57. The fourth-order valence-corrected chi connectivity index (χ4v) is 4.91. The summed E-state index contributed by atoms with van der Waals surface area (Å²) in [4.78, 5) is 27.5. The third-order valence-corrected chi connectivity index (χ3v) is 6.89. The van der Waals surface area contributed by atoms with Gasteiger partial charge in [0.05, 0.1) is 24.7 Å². The van der Waals surface area contributed by atoms with Crippen LogP contribution in [0.3, 0.4) is 0 Å². The first-order valence-electron chi connectivity index (χ1n) is 11.5. The predicted octanol–water partition coefficient (Wildman–Crippen LogP) is 2.30. The van der Waals surface area contributed by atoms with Crippen molar-refractivity contribution in [3.05, 3.63) is 84.4 Å². The van der Waals surface area contributed by atoms with E-state index in [0.717, 1.165) is 11.8 Å². The fraction of sp³-hybridized carbons (Fsp3) is 0.200. The number of hydrogen-bond acceptors (Lipinski definition) is 7. The van der Waals surface area contributed by atoms with Gasteiger partial charge < -0.3 is 15.0 Å². The molecule has 12 nitrogen and oxygen atoms in total. The van der Waals surface area contributed by atoms with E-state index in [1.807, 2.05) is 10.8 Å². The Kier molecular flexibility index (Phi) is 9.37. The molecule has 3 rings (SSSR count). The van der Waals surface area contributed by atoms with Gasteiger partial charge in [-0.15, -0.1) is 0 Å². The van der Waals surface area contributed by atoms with Gasteiger partial charge in [-0.1, -0.05) is 36.4 Å². The Morgan fingerprint density at radius 2 is 1.49 bits per heavy atom. The minimum atomic E-state index is -4.45. The van der Waals surface area contributed by atoms with Gasteiger partial charge in [-0.2, -0.15) is 8.42 Å². The Bertz CT molecular complexity index is 1510. The molecule has 39 heavy (non-hydrogen) atoms. The molecule has 3 aromatic rings. The van der Waals surface area contributed by atoms with Crippen molar-refractivity contribution >= 4 is 49.2 Å². The van der Waals surface area contributed by atoms with E-state index in [9.17, 15) is 26.4 Å². The Morgan fingerprint density at radius 1 is 0.872 bits per heavy atom. The van der Waals surface area contributed by atoms with Crippen LogP contribution in [0.2, 0.25) is 0 Å². The maximum absolute atomic E-state index is 13.4. The van der Waals surface area contributed by atoms with Gasteiger partial charge in [0.25, 0.3) is 0 Å². The maximum atomic E-state index is 13.4. The SMILES string of the molecule is COc1ccc(N(C)C(=O)[C@H](Cc2ccccc2)NC(=O)NS(=O)(=O)Nc2cccc(NS(C)(=O)=O)c2)cc1. The minimum absolute atomic E-state index is 0.0000935. The van der Waals surface area contributed by atoms with Crippen molar-refractivity contribution in [1.82, 2.24) is 10.0 Å². The average Bonchev–Trinajstić information content (AvgIpc) is 2.86. The number of benzene rings is 3. The molecule has 208 valence electrons. The molecule has 4 N–H and O–H groups in total. The quantitative estimate of drug-likeness (QED) is 0.273. The second-order valence-electron chi connectivity index (χ2n) is 8.47. The summed E-state index contributed by atoms with van der Waals surface area (Å²) >= 11 is 0. The molecule has 0 spiro atoms. The van der Waals surface area contributed by atoms with Crippen molar-refractivity contribution in [1.29, 1.82) is 0 Å². The van der Waals surface area contributed by atoms with E-state index in [-0.39, 0.29) is 17.8 Å². The van der Waals surface area contributed by atoms with E-state index in [1.165, 1.54) is 43.3 Å². The number of anilines is 3. The lowest BCUT2D eigenvalue weighted by Crippen LogP contribution is -2.53. The van der Waals surface area contributed by atoms with Crippen molar-refractivity contribution in [2.75, 3.05) is 34.8 Å². The predicted molar refractivity (Wildman–Crippen MR) is 149 cm³/mol. The third-order valence-electron chi connectivity index (χ3n) is 5.32. The molecular weight excluding hydrogens is 546 g/mol. The number of rotatable bonds is 11. The molecular formula is C25H29N5O7S2. The summed E-state index contributed by atoms with van der Waals surface area (Å²) in [6.07, 6.45) is 1.05. The van der Waals surface area contributed by atoms with Crippen LogP contribution in [0.15, 0.2) is 78.9 Å². The molecule has 3 aromatic carbocycles. The van der Waals surface area contributed by atoms with E-state index in [0.29, 0.717) is 11.4 Å². The third kappa shape index (κ3) is 9.19. The van der Waals surface area contributed by atoms with Crippen LogP contribution in [0, 0.1) is 0 Å². The van der Waals surface area contributed by atoms with Crippen LogP contribution in [0.1, 0.15) is 5.56 Å². The summed E-state index contributed by atoms with van der Waals surface area (Å²) in [5.74, 6) is 0.123. The molecule has 0 bridgehead atoms. The number of carbonyl (C=O) groups excluding carboxylic acids is 2. The van der Waals surface area contributed by atoms with Gasteiger partial charge in [-0.05, 0) is 48.0 Å². The normalized spacial score (nSPS) is 12.1. The van der Waals surface area contributed by atoms with Gasteiger partial charge in [0.15, 0.2) is 0 Å². The molecule has 0 radical (unpaired) electrons. The average molecular weight is 576 g/mol. The first kappa shape index (κ1) is 29.3. The molecule has 0 aromatic heterocycles. The van der Waals surface area contributed by atoms with Crippen LogP contribution < -0.4 is 29.1 Å². The van der Waals surface area contributed by atoms with E-state index in [2.05, 4.69) is 14.8 Å². The molecule has 0 aliphatic carbocycles. The number of urea groups is 1. The van der Waals surface area contributed by atoms with Gasteiger partial charge in [-0.3, -0.25) is 14.2 Å². The van der Waals surface area contributed by atoms with Gasteiger partial charge in [0.2, 0.25) is 15.9 Å². The van der Waals surface area contributed by atoms with Crippen LogP contribution in [0.5, 0.6) is 5.75 Å². The summed E-state index contributed by atoms with van der Waals surface area (Å²) in [6, 6.07) is 18.9. The van der Waals surface area contributed by atoms with Crippen LogP contribution in [-0.2, 0) is 31.4 Å². The smallest absolute Gasteiger partial charge is 0.330 e. The van der Waals surface area contributed by atoms with Crippen LogP contribution >= 0.6 is 0 Å². The zero-order chi connectivity index (χ0) is 28.6. The summed E-state index contributed by atoms with van der Waals surface area (Å²) in [6.45, 7) is 0. The highest BCUT2D eigenvalue weighted by Crippen LogP contribution is 2.20. The molecule has 0 aliphatic heterocycles. The van der Waals surface area contributed by atoms with Gasteiger partial charge in [0, 0.05) is 19.2 Å². The second kappa shape index (κ2) is 12.5. The zero-order valence-electron chi connectivity index (χ0n) is 21.4. The number of likely N-dealkylation sites (N-methyl/N-ethyl adjacent to an activating group) is 1. The number of hydrogen-bond donors (Lipinski definition) is 4. The van der Waals surface area contributed by atoms with Crippen LogP contribution in [-0.4, -0.2) is 55.2 Å². The highest BCUT2D eigenvalue weighted by atomic mass is 32.2. The molecule has 0 aliphatic rings. The minimum Gasteiger partial charge on any atom is -0.497 e. The molecule has 1 atom stereocenters. The van der Waals surface area contributed by atoms with Gasteiger partial charge >= 0.3 is 16.2 Å². The number of ether oxygens (including phenoxy) is 1. The zero-order valence-corrected chi connectivity index (χ0v) is 23.0. The highest BCUT2D eigenvalue weighted by Gasteiger charge is 2.27. The molecule has 14 heteroatoms. The van der Waals surface area contributed by atoms with E-state index < -0.39 is 38.2 Å². The Balaban J connectivity index is 1.74. The summed E-state index contributed by atoms with van der Waals surface area (Å²) in [5.41, 5.74) is 1.41. The number of carbonyl (C=O) groups is 2. The summed E-state index contributed by atoms with van der Waals surface area (Å²) in [5, 5.41) is 2.45. The molecule has 3 amide bonds. The largest absolute Gasteiger partial charge is 0.497 e. The highest BCUT2D eigenvalue weighted by molar-refractivity contribution is 7.92. The van der Waals surface area contributed by atoms with Crippen molar-refractivity contribution in [2.24, 2.45) is 0 Å². The standard InChI is InChI=1S/C25H29N5O7S2/c1-30(21-12-14-22(37-2)15-13-21)24(31)23(16-18-8-5-4-6-9-18)26-25(32)29-39(35,36)28-20-11-7-10-19(17-20)27-38(3,33)34/h4-15,17,23,27-28H,16H2,1-3H3,(H2,26,29,32)/t23-/m0/s1. The van der Waals surface area contributed by atoms with Gasteiger partial charge in [-0.25, -0.2) is 17.9 Å². The maximum Gasteiger partial charge on any atom is 0.330 e. The van der Waals surface area contributed by atoms with Crippen LogP contribution in [0.4, 0.5) is 21.9 Å². The Morgan fingerprint density at radius 3 is 2.08 bits per heavy atom. The monoisotopic (exact) mass is 575 g/mol. The number of nitrogens with zero attached hydrogens (tertiary/aromatic N) is 1. The summed E-state index contributed by atoms with van der Waals surface area (Å²) < 4.78 is 59.4. The lowest BCUT2D eigenvalue weighted by atomic mass is 10.0. The van der Waals surface area contributed by atoms with Crippen molar-refractivity contribution < 1.29 is 31.2 Å². The molecule has 0 unspecified atom stereocenters. The lowest BCUT2D eigenvalue weighted by Gasteiger charge is -2.25. The van der Waals surface area contributed by atoms with Crippen LogP contribution in [0.25, 0.3) is 0 Å². The number of nitrogens with one attached hydrogen (secondary N) is 4.